The number of hydrogen-bond acceptors (Lipinski definition) is 5. The summed E-state index contributed by atoms with van der Waals surface area (Å²) in [5.74, 6) is 0.157. The van der Waals surface area contributed by atoms with Crippen molar-refractivity contribution in [2.75, 3.05) is 20.8 Å². The average molecular weight is 268 g/mol. The number of carbonyl (C=O) groups excluding carboxylic acids is 1. The van der Waals surface area contributed by atoms with Crippen LogP contribution >= 0.6 is 0 Å². The standard InChI is InChI=1S/C13H20N2O4/c1-17-8-11-15-10(7-19-11)12(16)14-9-13(18-2)5-3-4-6-13/h7H,3-6,8-9H2,1-2H3,(H,14,16). The summed E-state index contributed by atoms with van der Waals surface area (Å²) in [6.07, 6.45) is 5.60. The number of carbonyl (C=O) groups is 1. The van der Waals surface area contributed by atoms with E-state index in [2.05, 4.69) is 10.3 Å². The molecular formula is C13H20N2O4. The molecule has 1 aliphatic carbocycles. The number of oxazole rings is 1. The molecule has 0 aromatic carbocycles. The third-order valence-corrected chi connectivity index (χ3v) is 3.57. The van der Waals surface area contributed by atoms with Gasteiger partial charge in [-0.3, -0.25) is 4.79 Å². The Labute approximate surface area is 112 Å². The molecule has 1 saturated carbocycles. The van der Waals surface area contributed by atoms with Crippen LogP contribution in [0.4, 0.5) is 0 Å². The van der Waals surface area contributed by atoms with Crippen LogP contribution in [-0.4, -0.2) is 37.3 Å². The zero-order chi connectivity index (χ0) is 13.7. The van der Waals surface area contributed by atoms with Crippen LogP contribution < -0.4 is 5.32 Å². The predicted octanol–water partition coefficient (Wildman–Crippen LogP) is 1.51. The average Bonchev–Trinajstić information content (AvgIpc) is 3.06. The van der Waals surface area contributed by atoms with E-state index in [1.807, 2.05) is 0 Å². The predicted molar refractivity (Wildman–Crippen MR) is 67.8 cm³/mol. The molecule has 106 valence electrons. The van der Waals surface area contributed by atoms with E-state index in [1.165, 1.54) is 6.26 Å². The third-order valence-electron chi connectivity index (χ3n) is 3.57. The highest BCUT2D eigenvalue weighted by atomic mass is 16.5. The van der Waals surface area contributed by atoms with Crippen LogP contribution in [0.2, 0.25) is 0 Å². The van der Waals surface area contributed by atoms with Crippen LogP contribution in [0.5, 0.6) is 0 Å². The van der Waals surface area contributed by atoms with Crippen molar-refractivity contribution in [3.63, 3.8) is 0 Å². The van der Waals surface area contributed by atoms with Gasteiger partial charge >= 0.3 is 0 Å². The molecular weight excluding hydrogens is 248 g/mol. The van der Waals surface area contributed by atoms with Crippen LogP contribution in [-0.2, 0) is 16.1 Å². The van der Waals surface area contributed by atoms with Gasteiger partial charge in [0.05, 0.1) is 5.60 Å². The SMILES string of the molecule is COCc1nc(C(=O)NCC2(OC)CCCC2)co1. The molecule has 0 saturated heterocycles. The number of ether oxygens (including phenoxy) is 2. The smallest absolute Gasteiger partial charge is 0.273 e. The van der Waals surface area contributed by atoms with E-state index in [1.54, 1.807) is 14.2 Å². The Morgan fingerprint density at radius 3 is 2.84 bits per heavy atom. The van der Waals surface area contributed by atoms with Gasteiger partial charge in [-0.05, 0) is 12.8 Å². The van der Waals surface area contributed by atoms with Crippen molar-refractivity contribution >= 4 is 5.91 Å². The van der Waals surface area contributed by atoms with E-state index in [9.17, 15) is 4.79 Å². The fourth-order valence-electron chi connectivity index (χ4n) is 2.41. The maximum absolute atomic E-state index is 11.9. The second-order valence-corrected chi connectivity index (χ2v) is 4.84. The number of hydrogen-bond donors (Lipinski definition) is 1. The summed E-state index contributed by atoms with van der Waals surface area (Å²) in [6, 6.07) is 0. The van der Waals surface area contributed by atoms with E-state index in [-0.39, 0.29) is 23.8 Å². The Morgan fingerprint density at radius 1 is 1.47 bits per heavy atom. The van der Waals surface area contributed by atoms with Crippen molar-refractivity contribution in [2.45, 2.75) is 37.9 Å². The van der Waals surface area contributed by atoms with Gasteiger partial charge in [0.15, 0.2) is 5.69 Å². The summed E-state index contributed by atoms with van der Waals surface area (Å²) in [5, 5.41) is 2.86. The van der Waals surface area contributed by atoms with Crippen molar-refractivity contribution in [1.29, 1.82) is 0 Å². The summed E-state index contributed by atoms with van der Waals surface area (Å²) >= 11 is 0. The molecule has 1 aromatic heterocycles. The molecule has 1 aliphatic rings. The first-order valence-corrected chi connectivity index (χ1v) is 6.46. The van der Waals surface area contributed by atoms with Gasteiger partial charge in [-0.2, -0.15) is 0 Å². The zero-order valence-corrected chi connectivity index (χ0v) is 11.4. The molecule has 1 heterocycles. The molecule has 1 N–H and O–H groups in total. The van der Waals surface area contributed by atoms with Crippen LogP contribution in [0, 0.1) is 0 Å². The molecule has 19 heavy (non-hydrogen) atoms. The molecule has 1 fully saturated rings. The van der Waals surface area contributed by atoms with E-state index >= 15 is 0 Å². The fraction of sp³-hybridized carbons (Fsp3) is 0.692. The molecule has 0 atom stereocenters. The molecule has 1 aromatic rings. The minimum atomic E-state index is -0.241. The first kappa shape index (κ1) is 14.0. The molecule has 0 unspecified atom stereocenters. The minimum absolute atomic E-state index is 0.214. The maximum Gasteiger partial charge on any atom is 0.273 e. The quantitative estimate of drug-likeness (QED) is 0.846. The summed E-state index contributed by atoms with van der Waals surface area (Å²) in [7, 11) is 3.25. The number of aromatic nitrogens is 1. The topological polar surface area (TPSA) is 73.6 Å². The van der Waals surface area contributed by atoms with E-state index < -0.39 is 0 Å². The van der Waals surface area contributed by atoms with Crippen LogP contribution in [0.1, 0.15) is 42.1 Å². The van der Waals surface area contributed by atoms with Crippen LogP contribution in [0.15, 0.2) is 10.7 Å². The first-order chi connectivity index (χ1) is 9.19. The summed E-state index contributed by atoms with van der Waals surface area (Å²) in [4.78, 5) is 16.0. The van der Waals surface area contributed by atoms with Crippen molar-refractivity contribution in [2.24, 2.45) is 0 Å². The minimum Gasteiger partial charge on any atom is -0.446 e. The van der Waals surface area contributed by atoms with Gasteiger partial charge in [-0.25, -0.2) is 4.98 Å². The van der Waals surface area contributed by atoms with Crippen molar-refractivity contribution < 1.29 is 18.7 Å². The maximum atomic E-state index is 11.9. The number of amides is 1. The highest BCUT2D eigenvalue weighted by Gasteiger charge is 2.34. The molecule has 2 rings (SSSR count). The van der Waals surface area contributed by atoms with Crippen LogP contribution in [0.3, 0.4) is 0 Å². The second kappa shape index (κ2) is 6.16. The molecule has 0 radical (unpaired) electrons. The lowest BCUT2D eigenvalue weighted by Crippen LogP contribution is -2.42. The molecule has 0 bridgehead atoms. The molecule has 0 aliphatic heterocycles. The van der Waals surface area contributed by atoms with E-state index in [0.717, 1.165) is 25.7 Å². The van der Waals surface area contributed by atoms with Gasteiger partial charge in [0.1, 0.15) is 12.9 Å². The Balaban J connectivity index is 1.89. The molecule has 6 heteroatoms. The fourth-order valence-corrected chi connectivity index (χ4v) is 2.41. The number of nitrogens with one attached hydrogen (secondary N) is 1. The highest BCUT2D eigenvalue weighted by Crippen LogP contribution is 2.31. The molecule has 1 amide bonds. The van der Waals surface area contributed by atoms with Gasteiger partial charge in [0.2, 0.25) is 5.89 Å². The van der Waals surface area contributed by atoms with E-state index in [4.69, 9.17) is 13.9 Å². The zero-order valence-electron chi connectivity index (χ0n) is 11.4. The lowest BCUT2D eigenvalue weighted by Gasteiger charge is -2.27. The Bertz CT molecular complexity index is 424. The number of nitrogens with zero attached hydrogens (tertiary/aromatic N) is 1. The second-order valence-electron chi connectivity index (χ2n) is 4.84. The summed E-state index contributed by atoms with van der Waals surface area (Å²) in [6.45, 7) is 0.768. The van der Waals surface area contributed by atoms with Crippen molar-refractivity contribution in [3.05, 3.63) is 17.8 Å². The van der Waals surface area contributed by atoms with Crippen LogP contribution in [0.25, 0.3) is 0 Å². The summed E-state index contributed by atoms with van der Waals surface area (Å²) < 4.78 is 15.6. The third kappa shape index (κ3) is 3.33. The number of methoxy groups -OCH3 is 2. The van der Waals surface area contributed by atoms with Crippen molar-refractivity contribution in [1.82, 2.24) is 10.3 Å². The Morgan fingerprint density at radius 2 is 2.21 bits per heavy atom. The number of rotatable bonds is 6. The van der Waals surface area contributed by atoms with Gasteiger partial charge in [-0.1, -0.05) is 12.8 Å². The lowest BCUT2D eigenvalue weighted by molar-refractivity contribution is -0.00264. The lowest BCUT2D eigenvalue weighted by atomic mass is 10.0. The Kier molecular flexibility index (Phi) is 4.55. The monoisotopic (exact) mass is 268 g/mol. The van der Waals surface area contributed by atoms with Gasteiger partial charge in [-0.15, -0.1) is 0 Å². The first-order valence-electron chi connectivity index (χ1n) is 6.46. The van der Waals surface area contributed by atoms with E-state index in [0.29, 0.717) is 12.4 Å². The van der Waals surface area contributed by atoms with Gasteiger partial charge in [0, 0.05) is 20.8 Å². The summed E-state index contributed by atoms with van der Waals surface area (Å²) in [5.41, 5.74) is 0.0608. The molecule has 0 spiro atoms. The largest absolute Gasteiger partial charge is 0.446 e. The van der Waals surface area contributed by atoms with Gasteiger partial charge in [0.25, 0.3) is 5.91 Å². The highest BCUT2D eigenvalue weighted by molar-refractivity contribution is 5.91. The molecule has 6 nitrogen and oxygen atoms in total. The van der Waals surface area contributed by atoms with Gasteiger partial charge < -0.3 is 19.2 Å². The normalized spacial score (nSPS) is 17.6. The Hall–Kier alpha value is -1.40. The van der Waals surface area contributed by atoms with Crippen molar-refractivity contribution in [3.8, 4) is 0 Å².